The molecule has 0 spiro atoms. The number of carbonyl (C=O) groups excluding carboxylic acids is 11. The standard InChI is InChI=1S/C53H99N21O11/c1-31(2)26-40(51(84)69-34(44(59)77)14-5-9-21-54)74-45(78)32(3)67-47(80)36(16-7-11-23-56)70-49(82)38(18-13-25-64-53(60)61)72-48(81)37(17-8-12-24-57)71-50(83)39(19-20-42(58)75)73-52(85)41(27-33-28-63-30-66-33)68-43(76)29-65-46(79)35(62-4)15-6-10-22-55/h28,30-32,34-41,62H,5-27,29,54-57H2,1-4H3,(H2,58,75)(H2,59,77)(H,63,66)(H,65,79)(H,67,80)(H,68,76)(H,69,84)(H,70,82)(H,71,83)(H,72,81)(H,73,85)(H,74,78)(H4,60,61,64)/t32-,34-,35-,36-,37-,38-,39-,40-,41-/m0/s1. The van der Waals surface area contributed by atoms with E-state index in [4.69, 9.17) is 45.5 Å². The largest absolute Gasteiger partial charge is 0.370 e. The summed E-state index contributed by atoms with van der Waals surface area (Å²) < 4.78 is 0. The summed E-state index contributed by atoms with van der Waals surface area (Å²) in [6.07, 6.45) is 6.63. The molecule has 11 amide bonds. The molecule has 482 valence electrons. The van der Waals surface area contributed by atoms with Gasteiger partial charge in [0.2, 0.25) is 65.0 Å². The van der Waals surface area contributed by atoms with E-state index in [1.54, 1.807) is 7.05 Å². The lowest BCUT2D eigenvalue weighted by Gasteiger charge is -2.28. The van der Waals surface area contributed by atoms with Crippen LogP contribution in [-0.4, -0.2) is 182 Å². The number of amides is 11. The molecule has 1 rings (SSSR count). The highest BCUT2D eigenvalue weighted by Crippen LogP contribution is 2.12. The van der Waals surface area contributed by atoms with Crippen molar-refractivity contribution in [2.45, 2.75) is 191 Å². The summed E-state index contributed by atoms with van der Waals surface area (Å²) in [7, 11) is 1.60. The number of primary amides is 2. The first kappa shape index (κ1) is 75.5. The molecule has 1 heterocycles. The summed E-state index contributed by atoms with van der Waals surface area (Å²) in [5.41, 5.74) is 39.7. The molecular weight excluding hydrogens is 1110 g/mol. The third-order valence-corrected chi connectivity index (χ3v) is 13.5. The van der Waals surface area contributed by atoms with Crippen LogP contribution in [0, 0.1) is 11.3 Å². The van der Waals surface area contributed by atoms with Gasteiger partial charge in [0.25, 0.3) is 0 Å². The first-order valence-electron chi connectivity index (χ1n) is 29.2. The van der Waals surface area contributed by atoms with Crippen LogP contribution in [0.5, 0.6) is 0 Å². The van der Waals surface area contributed by atoms with Crippen LogP contribution in [-0.2, 0) is 59.2 Å². The van der Waals surface area contributed by atoms with E-state index in [0.29, 0.717) is 70.2 Å². The van der Waals surface area contributed by atoms with Crippen LogP contribution in [0.2, 0.25) is 0 Å². The predicted molar refractivity (Wildman–Crippen MR) is 317 cm³/mol. The maximum Gasteiger partial charge on any atom is 0.243 e. The molecule has 0 bridgehead atoms. The van der Waals surface area contributed by atoms with Crippen LogP contribution >= 0.6 is 0 Å². The van der Waals surface area contributed by atoms with Gasteiger partial charge in [0, 0.05) is 31.3 Å². The molecule has 0 aliphatic carbocycles. The van der Waals surface area contributed by atoms with Gasteiger partial charge in [-0.05, 0) is 142 Å². The number of hydrogen-bond donors (Lipinski definition) is 20. The molecule has 0 unspecified atom stereocenters. The van der Waals surface area contributed by atoms with Gasteiger partial charge in [-0.25, -0.2) is 4.98 Å². The van der Waals surface area contributed by atoms with E-state index in [1.807, 2.05) is 13.8 Å². The summed E-state index contributed by atoms with van der Waals surface area (Å²) >= 11 is 0. The number of nitrogens with zero attached hydrogens (tertiary/aromatic N) is 1. The van der Waals surface area contributed by atoms with Crippen molar-refractivity contribution in [3.8, 4) is 0 Å². The Balaban J connectivity index is 3.53. The highest BCUT2D eigenvalue weighted by Gasteiger charge is 2.35. The summed E-state index contributed by atoms with van der Waals surface area (Å²) in [6.45, 7) is 5.86. The number of aromatic nitrogens is 2. The average molecular weight is 1210 g/mol. The number of hydrogen-bond acceptors (Lipinski definition) is 18. The Hall–Kier alpha value is -7.55. The van der Waals surface area contributed by atoms with Crippen molar-refractivity contribution < 1.29 is 52.7 Å². The monoisotopic (exact) mass is 1210 g/mol. The summed E-state index contributed by atoms with van der Waals surface area (Å²) in [5.74, 6) is -9.03. The maximum absolute atomic E-state index is 14.4. The quantitative estimate of drug-likeness (QED) is 0.0164. The summed E-state index contributed by atoms with van der Waals surface area (Å²) in [6, 6.07) is -11.0. The third kappa shape index (κ3) is 32.4. The molecule has 9 atom stereocenters. The lowest BCUT2D eigenvalue weighted by molar-refractivity contribution is -0.136. The number of nitrogens with two attached hydrogens (primary N) is 7. The fraction of sp³-hybridized carbons (Fsp3) is 0.717. The molecular formula is C53H99N21O11. The lowest BCUT2D eigenvalue weighted by atomic mass is 10.0. The van der Waals surface area contributed by atoms with Crippen LogP contribution in [0.1, 0.15) is 136 Å². The van der Waals surface area contributed by atoms with Gasteiger partial charge in [-0.15, -0.1) is 0 Å². The van der Waals surface area contributed by atoms with E-state index < -0.39 is 132 Å². The summed E-state index contributed by atoms with van der Waals surface area (Å²) in [5, 5.41) is 36.6. The van der Waals surface area contributed by atoms with Gasteiger partial charge >= 0.3 is 0 Å². The minimum absolute atomic E-state index is 0.0267. The van der Waals surface area contributed by atoms with Crippen molar-refractivity contribution >= 4 is 70.9 Å². The zero-order valence-corrected chi connectivity index (χ0v) is 49.9. The van der Waals surface area contributed by atoms with Crippen molar-refractivity contribution in [1.82, 2.24) is 68.5 Å². The van der Waals surface area contributed by atoms with E-state index >= 15 is 0 Å². The van der Waals surface area contributed by atoms with Crippen molar-refractivity contribution in [2.75, 3.05) is 46.3 Å². The second-order valence-corrected chi connectivity index (χ2v) is 21.2. The van der Waals surface area contributed by atoms with Gasteiger partial charge in [0.15, 0.2) is 5.96 Å². The molecule has 32 nitrogen and oxygen atoms in total. The van der Waals surface area contributed by atoms with E-state index in [0.717, 1.165) is 0 Å². The molecule has 27 N–H and O–H groups in total. The fourth-order valence-electron chi connectivity index (χ4n) is 8.66. The molecule has 0 aromatic carbocycles. The molecule has 0 saturated heterocycles. The first-order valence-corrected chi connectivity index (χ1v) is 29.2. The second-order valence-electron chi connectivity index (χ2n) is 21.2. The predicted octanol–water partition coefficient (Wildman–Crippen LogP) is -5.87. The van der Waals surface area contributed by atoms with Crippen molar-refractivity contribution in [3.63, 3.8) is 0 Å². The van der Waals surface area contributed by atoms with Gasteiger partial charge in [0.1, 0.15) is 48.3 Å². The van der Waals surface area contributed by atoms with Crippen LogP contribution in [0.15, 0.2) is 12.5 Å². The topological polar surface area (TPSA) is 555 Å². The van der Waals surface area contributed by atoms with Gasteiger partial charge in [-0.2, -0.15) is 0 Å². The second kappa shape index (κ2) is 43.1. The minimum Gasteiger partial charge on any atom is -0.370 e. The number of rotatable bonds is 47. The van der Waals surface area contributed by atoms with Crippen LogP contribution in [0.4, 0.5) is 0 Å². The zero-order valence-electron chi connectivity index (χ0n) is 49.9. The Bertz CT molecular complexity index is 2260. The van der Waals surface area contributed by atoms with E-state index in [-0.39, 0.29) is 89.3 Å². The Morgan fingerprint density at radius 1 is 0.494 bits per heavy atom. The number of nitrogens with one attached hydrogen (secondary N) is 13. The molecule has 1 aromatic rings. The molecule has 0 aliphatic rings. The third-order valence-electron chi connectivity index (χ3n) is 13.5. The number of likely N-dealkylation sites (N-methyl/N-ethyl adjacent to an activating group) is 1. The van der Waals surface area contributed by atoms with Gasteiger partial charge in [-0.3, -0.25) is 58.1 Å². The molecule has 0 fully saturated rings. The molecule has 0 aliphatic heterocycles. The van der Waals surface area contributed by atoms with E-state index in [9.17, 15) is 52.7 Å². The van der Waals surface area contributed by atoms with Crippen molar-refractivity contribution in [2.24, 2.45) is 46.1 Å². The number of unbranched alkanes of at least 4 members (excludes halogenated alkanes) is 4. The Morgan fingerprint density at radius 2 is 0.918 bits per heavy atom. The van der Waals surface area contributed by atoms with Crippen LogP contribution < -0.4 is 98.6 Å². The highest BCUT2D eigenvalue weighted by molar-refractivity contribution is 5.98. The van der Waals surface area contributed by atoms with E-state index in [2.05, 4.69) is 68.5 Å². The molecule has 0 saturated carbocycles. The zero-order chi connectivity index (χ0) is 63.9. The maximum atomic E-state index is 14.4. The van der Waals surface area contributed by atoms with Gasteiger partial charge in [-0.1, -0.05) is 20.3 Å². The van der Waals surface area contributed by atoms with Crippen molar-refractivity contribution in [3.05, 3.63) is 18.2 Å². The molecule has 85 heavy (non-hydrogen) atoms. The van der Waals surface area contributed by atoms with Crippen molar-refractivity contribution in [1.29, 1.82) is 5.41 Å². The molecule has 0 radical (unpaired) electrons. The molecule has 1 aromatic heterocycles. The highest BCUT2D eigenvalue weighted by atomic mass is 16.2. The van der Waals surface area contributed by atoms with Crippen LogP contribution in [0.3, 0.4) is 0 Å². The Kier molecular flexibility index (Phi) is 38.3. The summed E-state index contributed by atoms with van der Waals surface area (Å²) in [4.78, 5) is 156. The number of H-pyrrole nitrogens is 1. The van der Waals surface area contributed by atoms with E-state index in [1.165, 1.54) is 19.4 Å². The Labute approximate surface area is 497 Å². The SMILES string of the molecule is CN[C@@H](CCCCN)C(=O)NCC(=O)N[C@@H](Cc1cnc[nH]1)C(=O)N[C@@H](CCC(N)=O)C(=O)N[C@@H](CCCCN)C(=O)N[C@@H](CCCNC(=N)N)C(=O)N[C@@H](CCCCN)C(=O)N[C@@H](C)C(=O)N[C@@H](CC(C)C)C(=O)N[C@@H](CCCCN)C(N)=O. The number of aromatic amines is 1. The van der Waals surface area contributed by atoms with Crippen LogP contribution in [0.25, 0.3) is 0 Å². The fourth-order valence-corrected chi connectivity index (χ4v) is 8.66. The smallest absolute Gasteiger partial charge is 0.243 e. The molecule has 32 heteroatoms. The number of guanidine groups is 1. The Morgan fingerprint density at radius 3 is 1.35 bits per heavy atom. The average Bonchev–Trinajstić information content (AvgIpc) is 4.17. The normalized spacial score (nSPS) is 14.3. The lowest BCUT2D eigenvalue weighted by Crippen LogP contribution is -2.60. The number of imidazole rings is 1. The first-order chi connectivity index (χ1) is 40.4. The van der Waals surface area contributed by atoms with Gasteiger partial charge in [0.05, 0.1) is 18.9 Å². The van der Waals surface area contributed by atoms with Gasteiger partial charge < -0.3 is 104 Å². The number of carbonyl (C=O) groups is 11. The minimum atomic E-state index is -1.53.